The fraction of sp³-hybridized carbons (Fsp3) is 0.474. The molecular formula is C19H23Br. The average molecular weight is 331 g/mol. The lowest BCUT2D eigenvalue weighted by Crippen LogP contribution is -2.16. The second-order valence-corrected chi connectivity index (χ2v) is 7.43. The number of rotatable bonds is 2. The van der Waals surface area contributed by atoms with Crippen molar-refractivity contribution in [1.29, 1.82) is 0 Å². The van der Waals surface area contributed by atoms with Gasteiger partial charge in [0.05, 0.1) is 0 Å². The van der Waals surface area contributed by atoms with E-state index in [1.165, 1.54) is 47.6 Å². The number of hydrogen-bond acceptors (Lipinski definition) is 0. The normalized spacial score (nSPS) is 24.8. The van der Waals surface area contributed by atoms with E-state index in [4.69, 9.17) is 0 Å². The Labute approximate surface area is 130 Å². The molecule has 1 aliphatic rings. The first-order valence-corrected chi connectivity index (χ1v) is 8.70. The summed E-state index contributed by atoms with van der Waals surface area (Å²) < 4.78 is 0. The first-order valence-electron chi connectivity index (χ1n) is 7.79. The quantitative estimate of drug-likeness (QED) is 0.558. The summed E-state index contributed by atoms with van der Waals surface area (Å²) in [6.07, 6.45) is 5.49. The first-order chi connectivity index (χ1) is 9.66. The van der Waals surface area contributed by atoms with Crippen molar-refractivity contribution >= 4 is 26.7 Å². The molecule has 3 rings (SSSR count). The van der Waals surface area contributed by atoms with Gasteiger partial charge < -0.3 is 0 Å². The van der Waals surface area contributed by atoms with Crippen LogP contribution in [0.3, 0.4) is 0 Å². The van der Waals surface area contributed by atoms with Crippen LogP contribution in [-0.2, 0) is 0 Å². The minimum absolute atomic E-state index is 0.500. The molecule has 1 aliphatic carbocycles. The van der Waals surface area contributed by atoms with Crippen molar-refractivity contribution in [3.05, 3.63) is 47.5 Å². The topological polar surface area (TPSA) is 0 Å². The summed E-state index contributed by atoms with van der Waals surface area (Å²) in [5.41, 5.74) is 2.85. The zero-order valence-corrected chi connectivity index (χ0v) is 14.0. The largest absolute Gasteiger partial charge is 0.0836 e. The Balaban J connectivity index is 1.95. The van der Waals surface area contributed by atoms with Gasteiger partial charge in [-0.1, -0.05) is 72.1 Å². The van der Waals surface area contributed by atoms with Crippen LogP contribution in [0.1, 0.15) is 48.6 Å². The molecule has 0 N–H and O–H groups in total. The Kier molecular flexibility index (Phi) is 4.16. The van der Waals surface area contributed by atoms with Crippen molar-refractivity contribution in [2.24, 2.45) is 11.8 Å². The molecule has 20 heavy (non-hydrogen) atoms. The molecule has 0 radical (unpaired) electrons. The fourth-order valence-corrected chi connectivity index (χ4v) is 4.47. The predicted molar refractivity (Wildman–Crippen MR) is 91.5 cm³/mol. The van der Waals surface area contributed by atoms with Crippen LogP contribution >= 0.6 is 15.9 Å². The standard InChI is InChI=1S/C19H23Br/c1-13-7-10-15(11-8-13)19(20)18-12-9-14(2)16-5-3-4-6-17(16)18/h3-6,9,12-13,15,19H,7-8,10-11H2,1-2H3. The van der Waals surface area contributed by atoms with Crippen molar-refractivity contribution in [2.45, 2.75) is 44.4 Å². The summed E-state index contributed by atoms with van der Waals surface area (Å²) in [6.45, 7) is 4.60. The fourth-order valence-electron chi connectivity index (χ4n) is 3.55. The zero-order valence-electron chi connectivity index (χ0n) is 12.4. The molecule has 2 aromatic rings. The summed E-state index contributed by atoms with van der Waals surface area (Å²) in [6, 6.07) is 13.4. The first kappa shape index (κ1) is 14.1. The summed E-state index contributed by atoms with van der Waals surface area (Å²) in [5.74, 6) is 1.71. The lowest BCUT2D eigenvalue weighted by Gasteiger charge is -2.30. The smallest absolute Gasteiger partial charge is 0.0429 e. The van der Waals surface area contributed by atoms with Gasteiger partial charge in [-0.05, 0) is 53.5 Å². The van der Waals surface area contributed by atoms with Gasteiger partial charge in [0, 0.05) is 4.83 Å². The lowest BCUT2D eigenvalue weighted by molar-refractivity contribution is 0.288. The average Bonchev–Trinajstić information content (AvgIpc) is 2.48. The molecule has 0 saturated heterocycles. The molecule has 0 aliphatic heterocycles. The SMILES string of the molecule is Cc1ccc(C(Br)C2CCC(C)CC2)c2ccccc12. The van der Waals surface area contributed by atoms with Crippen LogP contribution < -0.4 is 0 Å². The van der Waals surface area contributed by atoms with Crippen molar-refractivity contribution in [1.82, 2.24) is 0 Å². The third-order valence-corrected chi connectivity index (χ3v) is 6.19. The molecular weight excluding hydrogens is 308 g/mol. The maximum absolute atomic E-state index is 4.01. The minimum atomic E-state index is 0.500. The van der Waals surface area contributed by atoms with Gasteiger partial charge >= 0.3 is 0 Å². The van der Waals surface area contributed by atoms with Crippen molar-refractivity contribution in [2.75, 3.05) is 0 Å². The third kappa shape index (κ3) is 2.65. The van der Waals surface area contributed by atoms with Gasteiger partial charge in [0.1, 0.15) is 0 Å². The second kappa shape index (κ2) is 5.89. The summed E-state index contributed by atoms with van der Waals surface area (Å²) in [7, 11) is 0. The molecule has 1 atom stereocenters. The highest BCUT2D eigenvalue weighted by Gasteiger charge is 2.26. The monoisotopic (exact) mass is 330 g/mol. The van der Waals surface area contributed by atoms with Gasteiger partial charge in [0.15, 0.2) is 0 Å². The molecule has 0 nitrogen and oxygen atoms in total. The highest BCUT2D eigenvalue weighted by atomic mass is 79.9. The van der Waals surface area contributed by atoms with E-state index in [1.54, 1.807) is 0 Å². The van der Waals surface area contributed by atoms with Crippen molar-refractivity contribution in [3.8, 4) is 0 Å². The van der Waals surface area contributed by atoms with Crippen LogP contribution in [0, 0.1) is 18.8 Å². The summed E-state index contributed by atoms with van der Waals surface area (Å²) in [5, 5.41) is 2.83. The van der Waals surface area contributed by atoms with E-state index in [-0.39, 0.29) is 0 Å². The molecule has 0 bridgehead atoms. The van der Waals surface area contributed by atoms with Crippen molar-refractivity contribution < 1.29 is 0 Å². The maximum Gasteiger partial charge on any atom is 0.0429 e. The molecule has 106 valence electrons. The van der Waals surface area contributed by atoms with Crippen LogP contribution in [0.2, 0.25) is 0 Å². The molecule has 0 aromatic heterocycles. The van der Waals surface area contributed by atoms with Gasteiger partial charge in [-0.2, -0.15) is 0 Å². The molecule has 1 fully saturated rings. The Hall–Kier alpha value is -0.820. The highest BCUT2D eigenvalue weighted by molar-refractivity contribution is 9.09. The van der Waals surface area contributed by atoms with E-state index in [0.717, 1.165) is 11.8 Å². The van der Waals surface area contributed by atoms with E-state index in [2.05, 4.69) is 66.2 Å². The Morgan fingerprint density at radius 2 is 1.60 bits per heavy atom. The van der Waals surface area contributed by atoms with E-state index in [9.17, 15) is 0 Å². The number of benzene rings is 2. The second-order valence-electron chi connectivity index (χ2n) is 6.44. The Morgan fingerprint density at radius 3 is 2.30 bits per heavy atom. The van der Waals surface area contributed by atoms with Gasteiger partial charge in [-0.25, -0.2) is 0 Å². The van der Waals surface area contributed by atoms with Crippen LogP contribution in [0.4, 0.5) is 0 Å². The van der Waals surface area contributed by atoms with E-state index >= 15 is 0 Å². The number of alkyl halides is 1. The van der Waals surface area contributed by atoms with Crippen LogP contribution in [0.25, 0.3) is 10.8 Å². The van der Waals surface area contributed by atoms with E-state index in [1.807, 2.05) is 0 Å². The molecule has 2 aromatic carbocycles. The predicted octanol–water partition coefficient (Wildman–Crippen LogP) is 6.41. The minimum Gasteiger partial charge on any atom is -0.0836 e. The van der Waals surface area contributed by atoms with Gasteiger partial charge in [0.25, 0.3) is 0 Å². The van der Waals surface area contributed by atoms with Crippen LogP contribution in [0.15, 0.2) is 36.4 Å². The lowest BCUT2D eigenvalue weighted by atomic mass is 9.79. The number of hydrogen-bond donors (Lipinski definition) is 0. The van der Waals surface area contributed by atoms with E-state index in [0.29, 0.717) is 4.83 Å². The summed E-state index contributed by atoms with van der Waals surface area (Å²) >= 11 is 4.01. The number of fused-ring (bicyclic) bond motifs is 1. The molecule has 0 spiro atoms. The number of aryl methyl sites for hydroxylation is 1. The molecule has 1 heteroatoms. The van der Waals surface area contributed by atoms with Gasteiger partial charge in [0.2, 0.25) is 0 Å². The molecule has 1 unspecified atom stereocenters. The van der Waals surface area contributed by atoms with Gasteiger partial charge in [-0.15, -0.1) is 0 Å². The molecule has 0 heterocycles. The zero-order chi connectivity index (χ0) is 14.1. The molecule has 1 saturated carbocycles. The molecule has 0 amide bonds. The van der Waals surface area contributed by atoms with Gasteiger partial charge in [-0.3, -0.25) is 0 Å². The van der Waals surface area contributed by atoms with Crippen LogP contribution in [-0.4, -0.2) is 0 Å². The Morgan fingerprint density at radius 1 is 0.950 bits per heavy atom. The highest BCUT2D eigenvalue weighted by Crippen LogP contribution is 2.43. The maximum atomic E-state index is 4.01. The number of halogens is 1. The van der Waals surface area contributed by atoms with E-state index < -0.39 is 0 Å². The van der Waals surface area contributed by atoms with Crippen LogP contribution in [0.5, 0.6) is 0 Å². The third-order valence-electron chi connectivity index (χ3n) is 4.95. The summed E-state index contributed by atoms with van der Waals surface area (Å²) in [4.78, 5) is 0.500. The Bertz CT molecular complexity index is 594. The van der Waals surface area contributed by atoms with Crippen molar-refractivity contribution in [3.63, 3.8) is 0 Å².